The van der Waals surface area contributed by atoms with Crippen LogP contribution in [0.2, 0.25) is 0 Å². The highest BCUT2D eigenvalue weighted by atomic mass is 35.7. The van der Waals surface area contributed by atoms with E-state index in [0.29, 0.717) is 6.61 Å². The van der Waals surface area contributed by atoms with E-state index in [1.807, 2.05) is 30.3 Å². The Morgan fingerprint density at radius 1 is 1.36 bits per heavy atom. The molecule has 0 aliphatic rings. The van der Waals surface area contributed by atoms with Crippen molar-refractivity contribution in [2.75, 3.05) is 6.61 Å². The fraction of sp³-hybridized carbons (Fsp3) is 0.400. The molecule has 1 rings (SSSR count). The number of unbranched alkanes of at least 4 members (excludes halogenated alkanes) is 1. The Kier molecular flexibility index (Phi) is 5.11. The van der Waals surface area contributed by atoms with Crippen LogP contribution >= 0.6 is 16.9 Å². The molecular formula is C10H14ClOPS. The fourth-order valence-electron chi connectivity index (χ4n) is 1.01. The molecule has 0 amide bonds. The molecule has 0 N–H and O–H groups in total. The Balaban J connectivity index is 2.62. The molecule has 1 aromatic rings. The zero-order chi connectivity index (χ0) is 10.4. The fourth-order valence-corrected chi connectivity index (χ4v) is 3.18. The Labute approximate surface area is 95.3 Å². The molecule has 0 fully saturated rings. The molecule has 0 aliphatic heterocycles. The molecule has 0 saturated heterocycles. The summed E-state index contributed by atoms with van der Waals surface area (Å²) in [6.07, 6.45) is 2.11. The third kappa shape index (κ3) is 3.70. The van der Waals surface area contributed by atoms with Gasteiger partial charge in [-0.15, -0.1) is 0 Å². The predicted octanol–water partition coefficient (Wildman–Crippen LogP) is 3.68. The van der Waals surface area contributed by atoms with Gasteiger partial charge in [0, 0.05) is 5.30 Å². The number of hydrogen-bond donors (Lipinski definition) is 0. The number of rotatable bonds is 5. The van der Waals surface area contributed by atoms with Gasteiger partial charge in [-0.25, -0.2) is 0 Å². The third-order valence-electron chi connectivity index (χ3n) is 1.82. The molecule has 4 heteroatoms. The minimum absolute atomic E-state index is 0.659. The molecule has 1 nitrogen and oxygen atoms in total. The molecular weight excluding hydrogens is 235 g/mol. The number of hydrogen-bond acceptors (Lipinski definition) is 2. The maximum Gasteiger partial charge on any atom is 0.180 e. The Bertz CT molecular complexity index is 315. The van der Waals surface area contributed by atoms with Gasteiger partial charge in [-0.2, -0.15) is 0 Å². The summed E-state index contributed by atoms with van der Waals surface area (Å²) in [5.41, 5.74) is -2.27. The van der Waals surface area contributed by atoms with E-state index in [1.54, 1.807) is 0 Å². The molecule has 0 aromatic heterocycles. The summed E-state index contributed by atoms with van der Waals surface area (Å²) in [6, 6.07) is 9.67. The normalized spacial score (nSPS) is 15.0. The van der Waals surface area contributed by atoms with Crippen molar-refractivity contribution in [3.05, 3.63) is 30.3 Å². The van der Waals surface area contributed by atoms with Crippen LogP contribution in [-0.4, -0.2) is 6.61 Å². The zero-order valence-corrected chi connectivity index (χ0v) is 10.6. The van der Waals surface area contributed by atoms with Crippen LogP contribution in [0.1, 0.15) is 19.8 Å². The maximum absolute atomic E-state index is 6.20. The zero-order valence-electron chi connectivity index (χ0n) is 8.15. The smallest absolute Gasteiger partial charge is 0.180 e. The van der Waals surface area contributed by atoms with E-state index in [4.69, 9.17) is 27.6 Å². The first kappa shape index (κ1) is 12.2. The lowest BCUT2D eigenvalue weighted by Gasteiger charge is -2.14. The molecule has 1 atom stereocenters. The lowest BCUT2D eigenvalue weighted by Crippen LogP contribution is -2.03. The summed E-state index contributed by atoms with van der Waals surface area (Å²) >= 11 is 11.5. The van der Waals surface area contributed by atoms with Crippen molar-refractivity contribution in [3.8, 4) is 0 Å². The van der Waals surface area contributed by atoms with Crippen molar-refractivity contribution in [2.24, 2.45) is 0 Å². The second kappa shape index (κ2) is 5.87. The monoisotopic (exact) mass is 248 g/mol. The van der Waals surface area contributed by atoms with Crippen LogP contribution in [0.15, 0.2) is 30.3 Å². The van der Waals surface area contributed by atoms with Crippen LogP contribution in [0.25, 0.3) is 0 Å². The highest BCUT2D eigenvalue weighted by Gasteiger charge is 2.15. The van der Waals surface area contributed by atoms with E-state index < -0.39 is 5.62 Å². The van der Waals surface area contributed by atoms with Gasteiger partial charge in [0.1, 0.15) is 0 Å². The van der Waals surface area contributed by atoms with Gasteiger partial charge < -0.3 is 4.52 Å². The van der Waals surface area contributed by atoms with E-state index in [1.165, 1.54) is 0 Å². The van der Waals surface area contributed by atoms with Crippen LogP contribution in [-0.2, 0) is 16.3 Å². The van der Waals surface area contributed by atoms with Gasteiger partial charge in [0.2, 0.25) is 0 Å². The number of halogens is 1. The average molecular weight is 249 g/mol. The molecule has 0 heterocycles. The van der Waals surface area contributed by atoms with Gasteiger partial charge in [0.15, 0.2) is 5.62 Å². The summed E-state index contributed by atoms with van der Waals surface area (Å²) in [6.45, 7) is 2.77. The van der Waals surface area contributed by atoms with Crippen molar-refractivity contribution in [2.45, 2.75) is 19.8 Å². The molecule has 0 radical (unpaired) electrons. The van der Waals surface area contributed by atoms with Gasteiger partial charge in [-0.1, -0.05) is 54.9 Å². The van der Waals surface area contributed by atoms with E-state index >= 15 is 0 Å². The predicted molar refractivity (Wildman–Crippen MR) is 67.1 cm³/mol. The first-order valence-electron chi connectivity index (χ1n) is 4.66. The quantitative estimate of drug-likeness (QED) is 0.581. The molecule has 0 aliphatic carbocycles. The van der Waals surface area contributed by atoms with Gasteiger partial charge in [0.05, 0.1) is 6.61 Å². The topological polar surface area (TPSA) is 9.23 Å². The minimum atomic E-state index is -2.27. The SMILES string of the molecule is CCCCOP(=S)(Cl)c1ccccc1. The van der Waals surface area contributed by atoms with Gasteiger partial charge in [0.25, 0.3) is 0 Å². The molecule has 78 valence electrons. The second-order valence-corrected chi connectivity index (χ2v) is 8.31. The van der Waals surface area contributed by atoms with Crippen molar-refractivity contribution >= 4 is 34.0 Å². The maximum atomic E-state index is 6.20. The lowest BCUT2D eigenvalue weighted by molar-refractivity contribution is 0.351. The van der Waals surface area contributed by atoms with E-state index in [-0.39, 0.29) is 0 Å². The standard InChI is InChI=1S/C10H14ClOPS/c1-2-3-9-12-13(11,14)10-7-5-4-6-8-10/h4-8H,2-3,9H2,1H3. The molecule has 0 saturated carbocycles. The lowest BCUT2D eigenvalue weighted by atomic mass is 10.4. The Morgan fingerprint density at radius 2 is 2.00 bits per heavy atom. The molecule has 0 spiro atoms. The molecule has 14 heavy (non-hydrogen) atoms. The van der Waals surface area contributed by atoms with Gasteiger partial charge in [-0.05, 0) is 18.2 Å². The highest BCUT2D eigenvalue weighted by Crippen LogP contribution is 2.51. The second-order valence-electron chi connectivity index (χ2n) is 3.00. The highest BCUT2D eigenvalue weighted by molar-refractivity contribution is 8.28. The van der Waals surface area contributed by atoms with Crippen molar-refractivity contribution in [1.29, 1.82) is 0 Å². The van der Waals surface area contributed by atoms with Crippen LogP contribution in [0.4, 0.5) is 0 Å². The summed E-state index contributed by atoms with van der Waals surface area (Å²) in [7, 11) is 0. The summed E-state index contributed by atoms with van der Waals surface area (Å²) in [5, 5.41) is 0.938. The Hall–Kier alpha value is 0.120. The Morgan fingerprint density at radius 3 is 2.57 bits per heavy atom. The minimum Gasteiger partial charge on any atom is -0.335 e. The van der Waals surface area contributed by atoms with Gasteiger partial charge >= 0.3 is 0 Å². The van der Waals surface area contributed by atoms with E-state index in [9.17, 15) is 0 Å². The average Bonchev–Trinajstić information content (AvgIpc) is 2.19. The number of benzene rings is 1. The summed E-state index contributed by atoms with van der Waals surface area (Å²) in [4.78, 5) is 0. The summed E-state index contributed by atoms with van der Waals surface area (Å²) < 4.78 is 5.55. The first-order chi connectivity index (χ1) is 6.67. The van der Waals surface area contributed by atoms with Crippen LogP contribution in [0, 0.1) is 0 Å². The molecule has 0 bridgehead atoms. The van der Waals surface area contributed by atoms with E-state index in [2.05, 4.69) is 6.92 Å². The molecule has 1 aromatic carbocycles. The van der Waals surface area contributed by atoms with Crippen molar-refractivity contribution in [1.82, 2.24) is 0 Å². The van der Waals surface area contributed by atoms with Crippen LogP contribution in [0.3, 0.4) is 0 Å². The van der Waals surface area contributed by atoms with Crippen LogP contribution in [0.5, 0.6) is 0 Å². The van der Waals surface area contributed by atoms with Crippen molar-refractivity contribution < 1.29 is 4.52 Å². The first-order valence-corrected chi connectivity index (χ1v) is 8.29. The molecule has 1 unspecified atom stereocenters. The van der Waals surface area contributed by atoms with E-state index in [0.717, 1.165) is 18.1 Å². The third-order valence-corrected chi connectivity index (χ3v) is 5.08. The van der Waals surface area contributed by atoms with Crippen molar-refractivity contribution in [3.63, 3.8) is 0 Å². The van der Waals surface area contributed by atoms with Crippen LogP contribution < -0.4 is 5.30 Å². The summed E-state index contributed by atoms with van der Waals surface area (Å²) in [5.74, 6) is 0. The van der Waals surface area contributed by atoms with Gasteiger partial charge in [-0.3, -0.25) is 0 Å². The largest absolute Gasteiger partial charge is 0.335 e.